The molecule has 0 bridgehead atoms. The van der Waals surface area contributed by atoms with Gasteiger partial charge in [0.2, 0.25) is 0 Å². The molecule has 1 aromatic heterocycles. The normalized spacial score (nSPS) is 11.2. The fourth-order valence-corrected chi connectivity index (χ4v) is 2.27. The lowest BCUT2D eigenvalue weighted by molar-refractivity contribution is 0.283. The summed E-state index contributed by atoms with van der Waals surface area (Å²) < 4.78 is 5.74. The van der Waals surface area contributed by atoms with Crippen molar-refractivity contribution in [2.45, 2.75) is 33.5 Å². The smallest absolute Gasteiger partial charge is 0.120 e. The lowest BCUT2D eigenvalue weighted by Gasteiger charge is -2.16. The summed E-state index contributed by atoms with van der Waals surface area (Å²) in [6, 6.07) is 10.6. The minimum absolute atomic E-state index is 0.466. The third-order valence-electron chi connectivity index (χ3n) is 3.38. The fraction of sp³-hybridized carbons (Fsp3) is 0.375. The lowest BCUT2D eigenvalue weighted by Crippen LogP contribution is -2.17. The summed E-state index contributed by atoms with van der Waals surface area (Å²) in [5.41, 5.74) is 9.45. The van der Waals surface area contributed by atoms with E-state index in [0.29, 0.717) is 6.54 Å². The van der Waals surface area contributed by atoms with Crippen molar-refractivity contribution in [3.8, 4) is 0 Å². The zero-order chi connectivity index (χ0) is 13.8. The molecule has 0 amide bonds. The van der Waals surface area contributed by atoms with Crippen LogP contribution in [0.15, 0.2) is 34.7 Å². The molecule has 0 fully saturated rings. The van der Waals surface area contributed by atoms with E-state index in [4.69, 9.17) is 10.2 Å². The van der Waals surface area contributed by atoms with Crippen molar-refractivity contribution in [1.29, 1.82) is 0 Å². The molecule has 19 heavy (non-hydrogen) atoms. The number of nitrogens with zero attached hydrogens (tertiary/aromatic N) is 1. The molecule has 2 N–H and O–H groups in total. The molecule has 0 unspecified atom stereocenters. The van der Waals surface area contributed by atoms with E-state index < -0.39 is 0 Å². The second-order valence-electron chi connectivity index (χ2n) is 5.12. The third-order valence-corrected chi connectivity index (χ3v) is 3.38. The molecule has 0 saturated carbocycles. The minimum atomic E-state index is 0.466. The van der Waals surface area contributed by atoms with E-state index in [2.05, 4.69) is 49.2 Å². The van der Waals surface area contributed by atoms with Gasteiger partial charge in [-0.15, -0.1) is 0 Å². The monoisotopic (exact) mass is 258 g/mol. The van der Waals surface area contributed by atoms with E-state index in [-0.39, 0.29) is 0 Å². The molecule has 0 spiro atoms. The molecule has 2 rings (SSSR count). The quantitative estimate of drug-likeness (QED) is 0.896. The summed E-state index contributed by atoms with van der Waals surface area (Å²) in [5.74, 6) is 1.87. The Kier molecular flexibility index (Phi) is 4.40. The number of hydrogen-bond acceptors (Lipinski definition) is 3. The largest absolute Gasteiger partial charge is 0.463 e. The number of rotatable bonds is 5. The Morgan fingerprint density at radius 2 is 1.84 bits per heavy atom. The van der Waals surface area contributed by atoms with Crippen LogP contribution in [0.5, 0.6) is 0 Å². The number of nitrogens with two attached hydrogens (primary N) is 1. The van der Waals surface area contributed by atoms with Gasteiger partial charge in [0.25, 0.3) is 0 Å². The van der Waals surface area contributed by atoms with Crippen LogP contribution in [0.1, 0.15) is 28.2 Å². The van der Waals surface area contributed by atoms with Crippen LogP contribution in [0, 0.1) is 13.8 Å². The van der Waals surface area contributed by atoms with Crippen LogP contribution < -0.4 is 5.73 Å². The van der Waals surface area contributed by atoms with Crippen LogP contribution >= 0.6 is 0 Å². The first-order valence-corrected chi connectivity index (χ1v) is 6.61. The molecule has 1 aromatic carbocycles. The van der Waals surface area contributed by atoms with Gasteiger partial charge in [-0.05, 0) is 43.7 Å². The van der Waals surface area contributed by atoms with Gasteiger partial charge in [-0.3, -0.25) is 4.90 Å². The molecule has 0 aliphatic carbocycles. The van der Waals surface area contributed by atoms with Gasteiger partial charge in [-0.2, -0.15) is 0 Å². The minimum Gasteiger partial charge on any atom is -0.463 e. The molecule has 0 radical (unpaired) electrons. The van der Waals surface area contributed by atoms with Crippen molar-refractivity contribution in [3.05, 3.63) is 58.5 Å². The van der Waals surface area contributed by atoms with Crippen molar-refractivity contribution in [3.63, 3.8) is 0 Å². The molecular weight excluding hydrogens is 236 g/mol. The number of benzene rings is 1. The predicted molar refractivity (Wildman–Crippen MR) is 77.7 cm³/mol. The molecule has 1 heterocycles. The maximum atomic E-state index is 5.74. The molecule has 2 aromatic rings. The molecule has 0 atom stereocenters. The fourth-order valence-electron chi connectivity index (χ4n) is 2.27. The van der Waals surface area contributed by atoms with Crippen LogP contribution in [0.3, 0.4) is 0 Å². The second-order valence-corrected chi connectivity index (χ2v) is 5.12. The second kappa shape index (κ2) is 6.04. The van der Waals surface area contributed by atoms with Crippen LogP contribution in [0.4, 0.5) is 0 Å². The SMILES string of the molecule is Cc1ccccc1CN(C)Cc1cc(C)c(CN)o1. The highest BCUT2D eigenvalue weighted by Gasteiger charge is 2.09. The zero-order valence-electron chi connectivity index (χ0n) is 11.9. The van der Waals surface area contributed by atoms with E-state index in [0.717, 1.165) is 30.2 Å². The molecule has 3 nitrogen and oxygen atoms in total. The molecule has 0 aliphatic heterocycles. The predicted octanol–water partition coefficient (Wildman–Crippen LogP) is 2.99. The van der Waals surface area contributed by atoms with E-state index in [9.17, 15) is 0 Å². The van der Waals surface area contributed by atoms with Gasteiger partial charge in [0, 0.05) is 6.54 Å². The van der Waals surface area contributed by atoms with Crippen molar-refractivity contribution in [2.24, 2.45) is 5.73 Å². The van der Waals surface area contributed by atoms with Gasteiger partial charge in [0.05, 0.1) is 13.1 Å². The Labute approximate surface area is 115 Å². The van der Waals surface area contributed by atoms with Gasteiger partial charge in [0.1, 0.15) is 11.5 Å². The van der Waals surface area contributed by atoms with Crippen molar-refractivity contribution >= 4 is 0 Å². The Morgan fingerprint density at radius 1 is 1.11 bits per heavy atom. The summed E-state index contributed by atoms with van der Waals surface area (Å²) in [6.07, 6.45) is 0. The highest BCUT2D eigenvalue weighted by molar-refractivity contribution is 5.25. The summed E-state index contributed by atoms with van der Waals surface area (Å²) in [7, 11) is 2.10. The van der Waals surface area contributed by atoms with E-state index >= 15 is 0 Å². The van der Waals surface area contributed by atoms with Crippen molar-refractivity contribution < 1.29 is 4.42 Å². The molecule has 0 saturated heterocycles. The summed E-state index contributed by atoms with van der Waals surface area (Å²) in [5, 5.41) is 0. The molecule has 102 valence electrons. The van der Waals surface area contributed by atoms with Gasteiger partial charge in [-0.1, -0.05) is 24.3 Å². The average molecular weight is 258 g/mol. The van der Waals surface area contributed by atoms with Crippen LogP contribution in [0.2, 0.25) is 0 Å². The first-order valence-electron chi connectivity index (χ1n) is 6.61. The molecular formula is C16H22N2O. The van der Waals surface area contributed by atoms with E-state index in [1.54, 1.807) is 0 Å². The molecule has 3 heteroatoms. The van der Waals surface area contributed by atoms with Crippen molar-refractivity contribution in [2.75, 3.05) is 7.05 Å². The summed E-state index contributed by atoms with van der Waals surface area (Å²) in [6.45, 7) is 6.37. The highest BCUT2D eigenvalue weighted by Crippen LogP contribution is 2.17. The Morgan fingerprint density at radius 3 is 2.47 bits per heavy atom. The van der Waals surface area contributed by atoms with Crippen LogP contribution in [-0.2, 0) is 19.6 Å². The maximum absolute atomic E-state index is 5.74. The first kappa shape index (κ1) is 13.8. The Bertz CT molecular complexity index is 545. The van der Waals surface area contributed by atoms with E-state index in [1.165, 1.54) is 11.1 Å². The highest BCUT2D eigenvalue weighted by atomic mass is 16.3. The topological polar surface area (TPSA) is 42.4 Å². The Hall–Kier alpha value is -1.58. The number of furan rings is 1. The zero-order valence-corrected chi connectivity index (χ0v) is 11.9. The average Bonchev–Trinajstić information content (AvgIpc) is 2.72. The maximum Gasteiger partial charge on any atom is 0.120 e. The first-order chi connectivity index (χ1) is 9.10. The van der Waals surface area contributed by atoms with Gasteiger partial charge in [-0.25, -0.2) is 0 Å². The van der Waals surface area contributed by atoms with Gasteiger partial charge in [0.15, 0.2) is 0 Å². The van der Waals surface area contributed by atoms with E-state index in [1.807, 2.05) is 6.92 Å². The third kappa shape index (κ3) is 3.46. The standard InChI is InChI=1S/C16H22N2O/c1-12-6-4-5-7-14(12)10-18(3)11-15-8-13(2)16(9-17)19-15/h4-8H,9-11,17H2,1-3H3. The lowest BCUT2D eigenvalue weighted by atomic mass is 10.1. The number of hydrogen-bond donors (Lipinski definition) is 1. The summed E-state index contributed by atoms with van der Waals surface area (Å²) in [4.78, 5) is 2.25. The van der Waals surface area contributed by atoms with Gasteiger partial charge < -0.3 is 10.2 Å². The Balaban J connectivity index is 2.01. The van der Waals surface area contributed by atoms with Gasteiger partial charge >= 0.3 is 0 Å². The van der Waals surface area contributed by atoms with Crippen molar-refractivity contribution in [1.82, 2.24) is 4.90 Å². The van der Waals surface area contributed by atoms with Crippen LogP contribution in [0.25, 0.3) is 0 Å². The van der Waals surface area contributed by atoms with Crippen LogP contribution in [-0.4, -0.2) is 11.9 Å². The molecule has 0 aliphatic rings. The number of aryl methyl sites for hydroxylation is 2. The summed E-state index contributed by atoms with van der Waals surface area (Å²) >= 11 is 0.